The summed E-state index contributed by atoms with van der Waals surface area (Å²) in [7, 11) is 1.45. The predicted molar refractivity (Wildman–Crippen MR) is 235 cm³/mol. The lowest BCUT2D eigenvalue weighted by Crippen LogP contribution is -2.37. The zero-order valence-electron chi connectivity index (χ0n) is 35.1. The molecule has 0 radical (unpaired) electrons. The number of methoxy groups -OCH3 is 1. The molecule has 6 aromatic rings. The van der Waals surface area contributed by atoms with E-state index in [0.717, 1.165) is 29.6 Å². The first-order valence-electron chi connectivity index (χ1n) is 20.3. The van der Waals surface area contributed by atoms with E-state index in [1.807, 2.05) is 44.4 Å². The number of thiazole rings is 2. The van der Waals surface area contributed by atoms with Crippen LogP contribution < -0.4 is 14.8 Å². The zero-order chi connectivity index (χ0) is 44.1. The molecule has 0 bridgehead atoms. The van der Waals surface area contributed by atoms with Crippen molar-refractivity contribution in [1.29, 1.82) is 0 Å². The first-order chi connectivity index (χ1) is 29.9. The largest absolute Gasteiger partial charge is 0.494 e. The Morgan fingerprint density at radius 3 is 2.02 bits per heavy atom. The highest BCUT2D eigenvalue weighted by Gasteiger charge is 2.25. The van der Waals surface area contributed by atoms with Gasteiger partial charge in [0.2, 0.25) is 5.95 Å². The van der Waals surface area contributed by atoms with Gasteiger partial charge >= 0.3 is 11.9 Å². The molecule has 0 saturated carbocycles. The lowest BCUT2D eigenvalue weighted by Gasteiger charge is -2.26. The number of carbonyl (C=O) groups excluding carboxylic acids is 2. The summed E-state index contributed by atoms with van der Waals surface area (Å²) in [6.07, 6.45) is 5.48. The molecule has 326 valence electrons. The van der Waals surface area contributed by atoms with E-state index in [1.165, 1.54) is 54.0 Å². The van der Waals surface area contributed by atoms with Crippen LogP contribution in [0, 0.1) is 13.8 Å². The summed E-state index contributed by atoms with van der Waals surface area (Å²) in [6.45, 7) is 12.0. The summed E-state index contributed by atoms with van der Waals surface area (Å²) in [5.74, 6) is -1.68. The SMILES string of the molecule is CCc1nc(C)sc1C(=O)Cc1nc2cc(C(=O)O)cc(OC)c2n1C/C=C/Cn1c(NC(=O)c2sc(C)nc2CC)nc2cc(C(=O)O)cc(OCCCN3CCOCC3)c21. The van der Waals surface area contributed by atoms with Gasteiger partial charge < -0.3 is 33.6 Å². The van der Waals surface area contributed by atoms with Gasteiger partial charge in [-0.1, -0.05) is 26.0 Å². The average Bonchev–Trinajstić information content (AvgIpc) is 4.03. The van der Waals surface area contributed by atoms with E-state index in [-0.39, 0.29) is 48.1 Å². The van der Waals surface area contributed by atoms with Gasteiger partial charge in [0.05, 0.1) is 81.8 Å². The number of hydrogen-bond donors (Lipinski definition) is 3. The highest BCUT2D eigenvalue weighted by atomic mass is 32.1. The monoisotopic (exact) mass is 884 g/mol. The number of nitrogens with zero attached hydrogens (tertiary/aromatic N) is 7. The third-order valence-electron chi connectivity index (χ3n) is 10.4. The van der Waals surface area contributed by atoms with Gasteiger partial charge in [-0.3, -0.25) is 19.8 Å². The molecule has 1 saturated heterocycles. The molecule has 62 heavy (non-hydrogen) atoms. The molecule has 0 spiro atoms. The zero-order valence-corrected chi connectivity index (χ0v) is 36.8. The quantitative estimate of drug-likeness (QED) is 0.0451. The standard InChI is InChI=1S/C43H48N8O9S2/c1-6-28-38(61-24(3)44-28)32(52)23-35-46-30-19-26(41(54)55)21-33(58-5)36(30)50(35)12-8-9-13-51-37-31(47-43(51)48-40(53)39-29(7-2)45-25(4)62-39)20-27(42(56)57)22-34(37)60-16-10-11-49-14-17-59-18-15-49/h8-9,19-22H,6-7,10-18,23H2,1-5H3,(H,54,55)(H,56,57)(H,47,48,53)/b9-8+. The molecule has 5 heterocycles. The molecule has 1 fully saturated rings. The number of aryl methyl sites for hydroxylation is 4. The predicted octanol–water partition coefficient (Wildman–Crippen LogP) is 6.48. The summed E-state index contributed by atoms with van der Waals surface area (Å²) in [5.41, 5.74) is 3.04. The maximum absolute atomic E-state index is 13.8. The van der Waals surface area contributed by atoms with Crippen molar-refractivity contribution < 1.29 is 43.6 Å². The first kappa shape index (κ1) is 44.0. The number of allylic oxidation sites excluding steroid dienone is 2. The minimum absolute atomic E-state index is 0.00921. The van der Waals surface area contributed by atoms with E-state index < -0.39 is 17.8 Å². The van der Waals surface area contributed by atoms with Crippen LogP contribution in [0.2, 0.25) is 0 Å². The molecular weight excluding hydrogens is 837 g/mol. The normalized spacial score (nSPS) is 13.4. The second-order valence-corrected chi connectivity index (χ2v) is 17.0. The average molecular weight is 885 g/mol. The Hall–Kier alpha value is -6.02. The number of carbonyl (C=O) groups is 4. The third-order valence-corrected chi connectivity index (χ3v) is 12.5. The van der Waals surface area contributed by atoms with Crippen LogP contribution in [0.1, 0.15) is 87.6 Å². The summed E-state index contributed by atoms with van der Waals surface area (Å²) in [6, 6.07) is 5.81. The van der Waals surface area contributed by atoms with E-state index >= 15 is 0 Å². The molecular formula is C43H48N8O9S2. The van der Waals surface area contributed by atoms with Crippen molar-refractivity contribution in [1.82, 2.24) is 34.0 Å². The molecule has 0 atom stereocenters. The minimum atomic E-state index is -1.15. The van der Waals surface area contributed by atoms with Crippen molar-refractivity contribution in [2.45, 2.75) is 66.5 Å². The summed E-state index contributed by atoms with van der Waals surface area (Å²) in [5, 5.41) is 24.4. The van der Waals surface area contributed by atoms with Gasteiger partial charge in [-0.25, -0.2) is 29.5 Å². The number of ether oxygens (including phenoxy) is 3. The number of morpholine rings is 1. The van der Waals surface area contributed by atoms with E-state index in [1.54, 1.807) is 4.57 Å². The van der Waals surface area contributed by atoms with Gasteiger partial charge in [0.1, 0.15) is 33.2 Å². The van der Waals surface area contributed by atoms with Crippen LogP contribution in [0.4, 0.5) is 5.95 Å². The molecule has 7 rings (SSSR count). The highest BCUT2D eigenvalue weighted by Crippen LogP contribution is 2.33. The van der Waals surface area contributed by atoms with Gasteiger partial charge in [0.25, 0.3) is 5.91 Å². The smallest absolute Gasteiger partial charge is 0.335 e. The Kier molecular flexibility index (Phi) is 13.8. The lowest BCUT2D eigenvalue weighted by atomic mass is 10.1. The fraction of sp³-hybridized carbons (Fsp3) is 0.395. The molecule has 19 heteroatoms. The van der Waals surface area contributed by atoms with Gasteiger partial charge in [0.15, 0.2) is 5.78 Å². The van der Waals surface area contributed by atoms with Crippen molar-refractivity contribution in [3.05, 3.63) is 84.5 Å². The van der Waals surface area contributed by atoms with Crippen LogP contribution in [0.5, 0.6) is 11.5 Å². The second-order valence-electron chi connectivity index (χ2n) is 14.6. The number of rotatable bonds is 19. The number of carboxylic acids is 2. The fourth-order valence-corrected chi connectivity index (χ4v) is 9.33. The Morgan fingerprint density at radius 2 is 1.39 bits per heavy atom. The number of nitrogens with one attached hydrogen (secondary N) is 1. The number of amides is 1. The molecule has 17 nitrogen and oxygen atoms in total. The maximum atomic E-state index is 13.8. The number of carboxylic acid groups (broad SMARTS) is 2. The number of benzene rings is 2. The number of aromatic carboxylic acids is 2. The number of anilines is 1. The summed E-state index contributed by atoms with van der Waals surface area (Å²) >= 11 is 2.61. The van der Waals surface area contributed by atoms with E-state index in [2.05, 4.69) is 20.2 Å². The molecule has 1 amide bonds. The molecule has 2 aromatic carbocycles. The van der Waals surface area contributed by atoms with Crippen molar-refractivity contribution in [2.24, 2.45) is 0 Å². The lowest BCUT2D eigenvalue weighted by molar-refractivity contribution is 0.0358. The van der Waals surface area contributed by atoms with E-state index in [9.17, 15) is 29.4 Å². The molecule has 4 aromatic heterocycles. The minimum Gasteiger partial charge on any atom is -0.494 e. The number of aromatic nitrogens is 6. The molecule has 0 aliphatic carbocycles. The van der Waals surface area contributed by atoms with Gasteiger partial charge in [-0.15, -0.1) is 22.7 Å². The number of ketones is 1. The Balaban J connectivity index is 1.25. The highest BCUT2D eigenvalue weighted by molar-refractivity contribution is 7.14. The van der Waals surface area contributed by atoms with Crippen LogP contribution in [0.3, 0.4) is 0 Å². The van der Waals surface area contributed by atoms with Crippen LogP contribution >= 0.6 is 22.7 Å². The molecule has 1 aliphatic rings. The molecule has 3 N–H and O–H groups in total. The van der Waals surface area contributed by atoms with E-state index in [4.69, 9.17) is 24.2 Å². The van der Waals surface area contributed by atoms with Crippen molar-refractivity contribution in [3.8, 4) is 11.5 Å². The Morgan fingerprint density at radius 1 is 0.806 bits per heavy atom. The van der Waals surface area contributed by atoms with Crippen LogP contribution in [0.15, 0.2) is 36.4 Å². The van der Waals surface area contributed by atoms with Gasteiger partial charge in [0, 0.05) is 32.7 Å². The van der Waals surface area contributed by atoms with Gasteiger partial charge in [-0.2, -0.15) is 0 Å². The third kappa shape index (κ3) is 9.55. The molecule has 1 aliphatic heterocycles. The number of Topliss-reactive ketones (excluding diaryl/α,β-unsaturated/α-hetero) is 1. The second kappa shape index (κ2) is 19.4. The van der Waals surface area contributed by atoms with Crippen LogP contribution in [-0.4, -0.2) is 114 Å². The Bertz CT molecular complexity index is 2690. The number of fused-ring (bicyclic) bond motifs is 2. The van der Waals surface area contributed by atoms with Gasteiger partial charge in [-0.05, 0) is 57.4 Å². The van der Waals surface area contributed by atoms with E-state index in [0.29, 0.717) is 93.9 Å². The van der Waals surface area contributed by atoms with Crippen LogP contribution in [-0.2, 0) is 37.1 Å². The summed E-state index contributed by atoms with van der Waals surface area (Å²) in [4.78, 5) is 73.8. The fourth-order valence-electron chi connectivity index (χ4n) is 7.48. The van der Waals surface area contributed by atoms with Crippen LogP contribution in [0.25, 0.3) is 22.1 Å². The summed E-state index contributed by atoms with van der Waals surface area (Å²) < 4.78 is 21.1. The Labute approximate surface area is 365 Å². The topological polar surface area (TPSA) is 213 Å². The molecule has 0 unspecified atom stereocenters. The van der Waals surface area contributed by atoms with Crippen molar-refractivity contribution in [2.75, 3.05) is 51.9 Å². The van der Waals surface area contributed by atoms with Crippen molar-refractivity contribution in [3.63, 3.8) is 0 Å². The number of hydrogen-bond acceptors (Lipinski definition) is 14. The van der Waals surface area contributed by atoms with Crippen molar-refractivity contribution >= 4 is 74.3 Å². The first-order valence-corrected chi connectivity index (χ1v) is 21.9. The maximum Gasteiger partial charge on any atom is 0.335 e. The number of imidazole rings is 2.